The van der Waals surface area contributed by atoms with Crippen LogP contribution in [-0.2, 0) is 4.79 Å². The molecular weight excluding hydrogens is 338 g/mol. The van der Waals surface area contributed by atoms with Crippen LogP contribution >= 0.6 is 27.3 Å². The third-order valence-corrected chi connectivity index (χ3v) is 4.05. The molecular formula is C14H12BrN3OS. The Morgan fingerprint density at radius 1 is 1.35 bits per heavy atom. The van der Waals surface area contributed by atoms with Gasteiger partial charge in [-0.25, -0.2) is 4.98 Å². The van der Waals surface area contributed by atoms with E-state index in [9.17, 15) is 4.79 Å². The van der Waals surface area contributed by atoms with Gasteiger partial charge in [-0.1, -0.05) is 28.1 Å². The maximum atomic E-state index is 11.5. The van der Waals surface area contributed by atoms with E-state index in [0.717, 1.165) is 21.9 Å². The Hall–Kier alpha value is -1.66. The van der Waals surface area contributed by atoms with Crippen LogP contribution in [0.15, 0.2) is 42.0 Å². The minimum atomic E-state index is 0.0112. The van der Waals surface area contributed by atoms with Crippen LogP contribution in [0.1, 0.15) is 6.42 Å². The van der Waals surface area contributed by atoms with Gasteiger partial charge in [-0.15, -0.1) is 11.3 Å². The third kappa shape index (κ3) is 2.76. The Balaban J connectivity index is 1.78. The summed E-state index contributed by atoms with van der Waals surface area (Å²) in [4.78, 5) is 17.0. The smallest absolute Gasteiger partial charge is 0.225 e. The lowest BCUT2D eigenvalue weighted by Gasteiger charge is -2.04. The third-order valence-electron chi connectivity index (χ3n) is 2.88. The van der Waals surface area contributed by atoms with Crippen molar-refractivity contribution in [2.75, 3.05) is 10.6 Å². The number of thiazole rings is 1. The number of carbonyl (C=O) groups excluding carboxylic acids is 1. The van der Waals surface area contributed by atoms with Crippen molar-refractivity contribution in [3.63, 3.8) is 0 Å². The second kappa shape index (κ2) is 5.76. The van der Waals surface area contributed by atoms with Gasteiger partial charge in [0.1, 0.15) is 0 Å². The van der Waals surface area contributed by atoms with Gasteiger partial charge in [0, 0.05) is 40.8 Å². The maximum Gasteiger partial charge on any atom is 0.225 e. The van der Waals surface area contributed by atoms with Crippen LogP contribution in [0.25, 0.3) is 16.2 Å². The minimum Gasteiger partial charge on any atom is -0.326 e. The molecule has 2 aromatic heterocycles. The van der Waals surface area contributed by atoms with Crippen molar-refractivity contribution < 1.29 is 4.79 Å². The molecule has 0 saturated carbocycles. The SMILES string of the molecule is O=C(CCBr)Nc1ccc(-c2cn3ccsc3n2)cc1. The first-order valence-electron chi connectivity index (χ1n) is 6.15. The zero-order valence-corrected chi connectivity index (χ0v) is 12.9. The molecule has 0 spiro atoms. The summed E-state index contributed by atoms with van der Waals surface area (Å²) in [5.41, 5.74) is 2.79. The van der Waals surface area contributed by atoms with Crippen LogP contribution in [0.2, 0.25) is 0 Å². The molecule has 0 unspecified atom stereocenters. The fraction of sp³-hybridized carbons (Fsp3) is 0.143. The quantitative estimate of drug-likeness (QED) is 0.728. The van der Waals surface area contributed by atoms with Crippen molar-refractivity contribution in [3.8, 4) is 11.3 Å². The number of anilines is 1. The predicted octanol–water partition coefficient (Wildman–Crippen LogP) is 3.79. The minimum absolute atomic E-state index is 0.0112. The molecule has 0 fully saturated rings. The van der Waals surface area contributed by atoms with Crippen molar-refractivity contribution in [2.24, 2.45) is 0 Å². The Morgan fingerprint density at radius 3 is 2.85 bits per heavy atom. The van der Waals surface area contributed by atoms with Crippen molar-refractivity contribution in [1.82, 2.24) is 9.38 Å². The van der Waals surface area contributed by atoms with E-state index in [1.54, 1.807) is 11.3 Å². The molecule has 20 heavy (non-hydrogen) atoms. The number of hydrogen-bond donors (Lipinski definition) is 1. The summed E-state index contributed by atoms with van der Waals surface area (Å²) in [7, 11) is 0. The van der Waals surface area contributed by atoms with Crippen molar-refractivity contribution >= 4 is 43.8 Å². The molecule has 2 heterocycles. The summed E-state index contributed by atoms with van der Waals surface area (Å²) in [5.74, 6) is 0.0112. The molecule has 6 heteroatoms. The van der Waals surface area contributed by atoms with E-state index in [0.29, 0.717) is 11.8 Å². The van der Waals surface area contributed by atoms with Crippen LogP contribution in [0.3, 0.4) is 0 Å². The molecule has 0 bridgehead atoms. The summed E-state index contributed by atoms with van der Waals surface area (Å²) < 4.78 is 2.01. The fourth-order valence-electron chi connectivity index (χ4n) is 1.90. The van der Waals surface area contributed by atoms with Gasteiger partial charge in [0.2, 0.25) is 5.91 Å². The number of nitrogens with one attached hydrogen (secondary N) is 1. The number of hydrogen-bond acceptors (Lipinski definition) is 3. The Labute approximate surface area is 128 Å². The first-order valence-corrected chi connectivity index (χ1v) is 8.15. The van der Waals surface area contributed by atoms with Gasteiger partial charge in [0.25, 0.3) is 0 Å². The lowest BCUT2D eigenvalue weighted by Crippen LogP contribution is -2.11. The average Bonchev–Trinajstić information content (AvgIpc) is 3.00. The van der Waals surface area contributed by atoms with Crippen LogP contribution in [0, 0.1) is 0 Å². The number of nitrogens with zero attached hydrogens (tertiary/aromatic N) is 2. The van der Waals surface area contributed by atoms with E-state index >= 15 is 0 Å². The number of rotatable bonds is 4. The molecule has 3 rings (SSSR count). The fourth-order valence-corrected chi connectivity index (χ4v) is 2.96. The summed E-state index contributed by atoms with van der Waals surface area (Å²) in [6, 6.07) is 7.73. The molecule has 1 amide bonds. The number of imidazole rings is 1. The molecule has 1 N–H and O–H groups in total. The highest BCUT2D eigenvalue weighted by molar-refractivity contribution is 9.09. The summed E-state index contributed by atoms with van der Waals surface area (Å²) in [6.45, 7) is 0. The Bertz CT molecular complexity index is 704. The van der Waals surface area contributed by atoms with E-state index in [4.69, 9.17) is 0 Å². The molecule has 0 atom stereocenters. The highest BCUT2D eigenvalue weighted by atomic mass is 79.9. The number of aromatic nitrogens is 2. The molecule has 0 radical (unpaired) electrons. The van der Waals surface area contributed by atoms with Gasteiger partial charge in [-0.3, -0.25) is 9.20 Å². The molecule has 0 aliphatic rings. The highest BCUT2D eigenvalue weighted by Crippen LogP contribution is 2.23. The van der Waals surface area contributed by atoms with Gasteiger partial charge in [0.05, 0.1) is 5.69 Å². The molecule has 4 nitrogen and oxygen atoms in total. The maximum absolute atomic E-state index is 11.5. The molecule has 0 saturated heterocycles. The van der Waals surface area contributed by atoms with Crippen LogP contribution in [0.5, 0.6) is 0 Å². The first kappa shape index (κ1) is 13.3. The molecule has 1 aromatic carbocycles. The van der Waals surface area contributed by atoms with Crippen molar-refractivity contribution in [1.29, 1.82) is 0 Å². The van der Waals surface area contributed by atoms with Crippen molar-refractivity contribution in [2.45, 2.75) is 6.42 Å². The van der Waals surface area contributed by atoms with E-state index in [-0.39, 0.29) is 5.91 Å². The lowest BCUT2D eigenvalue weighted by atomic mass is 10.1. The molecule has 0 aliphatic carbocycles. The number of carbonyl (C=O) groups is 1. The molecule has 102 valence electrons. The number of benzene rings is 1. The Morgan fingerprint density at radius 2 is 2.15 bits per heavy atom. The standard InChI is InChI=1S/C14H12BrN3OS/c15-6-5-13(19)16-11-3-1-10(2-4-11)12-9-18-7-8-20-14(18)17-12/h1-4,7-9H,5-6H2,(H,16,19). The number of alkyl halides is 1. The van der Waals surface area contributed by atoms with Gasteiger partial charge in [-0.05, 0) is 12.1 Å². The lowest BCUT2D eigenvalue weighted by molar-refractivity contribution is -0.115. The summed E-state index contributed by atoms with van der Waals surface area (Å²) in [5, 5.41) is 5.53. The summed E-state index contributed by atoms with van der Waals surface area (Å²) in [6.07, 6.45) is 4.47. The van der Waals surface area contributed by atoms with E-state index in [2.05, 4.69) is 26.2 Å². The second-order valence-electron chi connectivity index (χ2n) is 4.28. The van der Waals surface area contributed by atoms with Gasteiger partial charge >= 0.3 is 0 Å². The zero-order valence-electron chi connectivity index (χ0n) is 10.5. The zero-order chi connectivity index (χ0) is 13.9. The monoisotopic (exact) mass is 349 g/mol. The number of fused-ring (bicyclic) bond motifs is 1. The van der Waals surface area contributed by atoms with E-state index in [1.165, 1.54) is 0 Å². The van der Waals surface area contributed by atoms with Gasteiger partial charge in [-0.2, -0.15) is 0 Å². The molecule has 0 aliphatic heterocycles. The largest absolute Gasteiger partial charge is 0.326 e. The normalized spacial score (nSPS) is 10.8. The predicted molar refractivity (Wildman–Crippen MR) is 85.5 cm³/mol. The first-order chi connectivity index (χ1) is 9.76. The van der Waals surface area contributed by atoms with Gasteiger partial charge in [0.15, 0.2) is 4.96 Å². The summed E-state index contributed by atoms with van der Waals surface area (Å²) >= 11 is 4.86. The Kier molecular flexibility index (Phi) is 3.84. The average molecular weight is 350 g/mol. The number of halogens is 1. The van der Waals surface area contributed by atoms with Crippen LogP contribution in [-0.4, -0.2) is 20.6 Å². The highest BCUT2D eigenvalue weighted by Gasteiger charge is 2.06. The van der Waals surface area contributed by atoms with Crippen LogP contribution < -0.4 is 5.32 Å². The van der Waals surface area contributed by atoms with E-state index < -0.39 is 0 Å². The van der Waals surface area contributed by atoms with Crippen molar-refractivity contribution in [3.05, 3.63) is 42.0 Å². The second-order valence-corrected chi connectivity index (χ2v) is 5.95. The topological polar surface area (TPSA) is 46.4 Å². The van der Waals surface area contributed by atoms with Crippen LogP contribution in [0.4, 0.5) is 5.69 Å². The van der Waals surface area contributed by atoms with E-state index in [1.807, 2.05) is 46.4 Å². The van der Waals surface area contributed by atoms with Gasteiger partial charge < -0.3 is 5.32 Å². The molecule has 3 aromatic rings. The number of amides is 1.